The number of aromatic nitrogens is 2. The van der Waals surface area contributed by atoms with Crippen molar-refractivity contribution in [2.45, 2.75) is 25.6 Å². The number of hydrogen-bond acceptors (Lipinski definition) is 3. The Morgan fingerprint density at radius 3 is 2.71 bits per heavy atom. The van der Waals surface area contributed by atoms with Crippen molar-refractivity contribution < 1.29 is 22.7 Å². The molecule has 1 heterocycles. The molecule has 1 aliphatic carbocycles. The van der Waals surface area contributed by atoms with Crippen molar-refractivity contribution in [1.82, 2.24) is 9.78 Å². The van der Waals surface area contributed by atoms with Crippen LogP contribution in [0, 0.1) is 5.92 Å². The van der Waals surface area contributed by atoms with Crippen LogP contribution in [-0.4, -0.2) is 22.9 Å². The first kappa shape index (κ1) is 11.9. The van der Waals surface area contributed by atoms with Gasteiger partial charge in [-0.25, -0.2) is 4.79 Å². The van der Waals surface area contributed by atoms with E-state index in [0.717, 1.165) is 26.1 Å². The molecule has 7 heteroatoms. The minimum Gasteiger partial charge on any atom is -0.465 e. The highest BCUT2D eigenvalue weighted by Crippen LogP contribution is 2.33. The molecule has 0 aromatic carbocycles. The summed E-state index contributed by atoms with van der Waals surface area (Å²) < 4.78 is 43.4. The third kappa shape index (κ3) is 2.59. The molecule has 2 rings (SSSR count). The number of rotatable bonds is 3. The van der Waals surface area contributed by atoms with Crippen LogP contribution in [0.25, 0.3) is 0 Å². The largest absolute Gasteiger partial charge is 0.465 e. The zero-order valence-electron chi connectivity index (χ0n) is 9.12. The van der Waals surface area contributed by atoms with Crippen LogP contribution in [0.5, 0.6) is 0 Å². The zero-order valence-corrected chi connectivity index (χ0v) is 9.12. The Labute approximate surface area is 95.4 Å². The predicted molar refractivity (Wildman–Crippen MR) is 51.3 cm³/mol. The Balaban J connectivity index is 2.32. The highest BCUT2D eigenvalue weighted by atomic mass is 19.4. The quantitative estimate of drug-likeness (QED) is 0.769. The number of halogens is 3. The van der Waals surface area contributed by atoms with Gasteiger partial charge >= 0.3 is 12.1 Å². The van der Waals surface area contributed by atoms with E-state index in [2.05, 4.69) is 9.84 Å². The Hall–Kier alpha value is -1.53. The van der Waals surface area contributed by atoms with Crippen molar-refractivity contribution in [1.29, 1.82) is 0 Å². The van der Waals surface area contributed by atoms with Gasteiger partial charge in [-0.15, -0.1) is 0 Å². The summed E-state index contributed by atoms with van der Waals surface area (Å²) in [6.07, 6.45) is -1.55. The lowest BCUT2D eigenvalue weighted by molar-refractivity contribution is -0.142. The Morgan fingerprint density at radius 1 is 1.59 bits per heavy atom. The van der Waals surface area contributed by atoms with Gasteiger partial charge in [-0.3, -0.25) is 4.68 Å². The fourth-order valence-electron chi connectivity index (χ4n) is 1.55. The summed E-state index contributed by atoms with van der Waals surface area (Å²) in [5.74, 6) is -0.638. The summed E-state index contributed by atoms with van der Waals surface area (Å²) in [7, 11) is 1.04. The lowest BCUT2D eigenvalue weighted by Gasteiger charge is -2.04. The van der Waals surface area contributed by atoms with Crippen molar-refractivity contribution in [3.8, 4) is 0 Å². The molecule has 94 valence electrons. The van der Waals surface area contributed by atoms with Crippen LogP contribution < -0.4 is 0 Å². The topological polar surface area (TPSA) is 44.1 Å². The van der Waals surface area contributed by atoms with Gasteiger partial charge < -0.3 is 4.74 Å². The van der Waals surface area contributed by atoms with E-state index in [1.807, 2.05) is 0 Å². The molecule has 0 saturated heterocycles. The van der Waals surface area contributed by atoms with Gasteiger partial charge in [-0.1, -0.05) is 0 Å². The van der Waals surface area contributed by atoms with E-state index in [1.54, 1.807) is 0 Å². The summed E-state index contributed by atoms with van der Waals surface area (Å²) in [6.45, 7) is 0.417. The fourth-order valence-corrected chi connectivity index (χ4v) is 1.55. The minimum absolute atomic E-state index is 0.376. The van der Waals surface area contributed by atoms with E-state index in [0.29, 0.717) is 12.5 Å². The van der Waals surface area contributed by atoms with E-state index in [-0.39, 0.29) is 0 Å². The van der Waals surface area contributed by atoms with Crippen LogP contribution in [0.15, 0.2) is 6.20 Å². The Kier molecular flexibility index (Phi) is 2.84. The molecule has 0 amide bonds. The molecule has 0 spiro atoms. The van der Waals surface area contributed by atoms with Gasteiger partial charge in [0.2, 0.25) is 0 Å². The van der Waals surface area contributed by atoms with Crippen molar-refractivity contribution in [2.24, 2.45) is 5.92 Å². The summed E-state index contributed by atoms with van der Waals surface area (Å²) in [4.78, 5) is 11.2. The third-order valence-electron chi connectivity index (χ3n) is 2.58. The summed E-state index contributed by atoms with van der Waals surface area (Å²) in [6, 6.07) is 0. The van der Waals surface area contributed by atoms with Crippen molar-refractivity contribution in [2.75, 3.05) is 7.11 Å². The van der Waals surface area contributed by atoms with E-state index in [9.17, 15) is 18.0 Å². The molecule has 1 fully saturated rings. The molecule has 0 N–H and O–H groups in total. The normalized spacial score (nSPS) is 16.0. The maximum absolute atomic E-state index is 12.6. The number of esters is 1. The van der Waals surface area contributed by atoms with E-state index < -0.39 is 23.4 Å². The highest BCUT2D eigenvalue weighted by Gasteiger charge is 2.40. The second kappa shape index (κ2) is 4.05. The Morgan fingerprint density at radius 2 is 2.24 bits per heavy atom. The monoisotopic (exact) mass is 248 g/mol. The third-order valence-corrected chi connectivity index (χ3v) is 2.58. The van der Waals surface area contributed by atoms with Crippen LogP contribution in [0.1, 0.15) is 28.9 Å². The van der Waals surface area contributed by atoms with E-state index >= 15 is 0 Å². The number of carbonyl (C=O) groups excluding carboxylic acids is 1. The van der Waals surface area contributed by atoms with E-state index in [4.69, 9.17) is 0 Å². The van der Waals surface area contributed by atoms with Gasteiger partial charge in [0.1, 0.15) is 5.56 Å². The molecule has 0 aliphatic heterocycles. The average Bonchev–Trinajstić information content (AvgIpc) is 2.92. The zero-order chi connectivity index (χ0) is 12.6. The number of ether oxygens (including phenoxy) is 1. The molecular formula is C10H11F3N2O2. The maximum Gasteiger partial charge on any atom is 0.436 e. The standard InChI is InChI=1S/C10H11F3N2O2/c1-17-9(16)7-5-15(4-6-2-3-6)14-8(7)10(11,12)13/h5-6H,2-4H2,1H3. The molecule has 17 heavy (non-hydrogen) atoms. The van der Waals surface area contributed by atoms with Crippen molar-refractivity contribution in [3.05, 3.63) is 17.5 Å². The van der Waals surface area contributed by atoms with Crippen LogP contribution >= 0.6 is 0 Å². The molecule has 1 aromatic heterocycles. The van der Waals surface area contributed by atoms with Crippen molar-refractivity contribution >= 4 is 5.97 Å². The Bertz CT molecular complexity index is 435. The van der Waals surface area contributed by atoms with Crippen LogP contribution in [0.3, 0.4) is 0 Å². The first-order valence-electron chi connectivity index (χ1n) is 5.14. The van der Waals surface area contributed by atoms with Crippen molar-refractivity contribution in [3.63, 3.8) is 0 Å². The number of carbonyl (C=O) groups is 1. The molecular weight excluding hydrogens is 237 g/mol. The summed E-state index contributed by atoms with van der Waals surface area (Å²) >= 11 is 0. The van der Waals surface area contributed by atoms with Crippen LogP contribution in [0.2, 0.25) is 0 Å². The van der Waals surface area contributed by atoms with Crippen LogP contribution in [-0.2, 0) is 17.5 Å². The fraction of sp³-hybridized carbons (Fsp3) is 0.600. The molecule has 1 aliphatic rings. The molecule has 0 radical (unpaired) electrons. The first-order valence-corrected chi connectivity index (χ1v) is 5.14. The van der Waals surface area contributed by atoms with Gasteiger partial charge in [-0.05, 0) is 18.8 Å². The predicted octanol–water partition coefficient (Wildman–Crippen LogP) is 2.10. The summed E-state index contributed by atoms with van der Waals surface area (Å²) in [5.41, 5.74) is -1.70. The highest BCUT2D eigenvalue weighted by molar-refractivity contribution is 5.90. The second-order valence-corrected chi connectivity index (χ2v) is 4.05. The minimum atomic E-state index is -4.64. The molecule has 1 aromatic rings. The number of nitrogens with zero attached hydrogens (tertiary/aromatic N) is 2. The van der Waals surface area contributed by atoms with Gasteiger partial charge in [0.25, 0.3) is 0 Å². The second-order valence-electron chi connectivity index (χ2n) is 4.05. The number of methoxy groups -OCH3 is 1. The van der Waals surface area contributed by atoms with Gasteiger partial charge in [0.05, 0.1) is 7.11 Å². The lowest BCUT2D eigenvalue weighted by Crippen LogP contribution is -2.13. The molecule has 1 saturated carbocycles. The lowest BCUT2D eigenvalue weighted by atomic mass is 10.2. The van der Waals surface area contributed by atoms with E-state index in [1.165, 1.54) is 4.68 Å². The van der Waals surface area contributed by atoms with Gasteiger partial charge in [0.15, 0.2) is 5.69 Å². The SMILES string of the molecule is COC(=O)c1cn(CC2CC2)nc1C(F)(F)F. The number of hydrogen-bond donors (Lipinski definition) is 0. The summed E-state index contributed by atoms with van der Waals surface area (Å²) in [5, 5.41) is 3.42. The maximum atomic E-state index is 12.6. The molecule has 0 atom stereocenters. The van der Waals surface area contributed by atoms with Gasteiger partial charge in [-0.2, -0.15) is 18.3 Å². The average molecular weight is 248 g/mol. The molecule has 0 unspecified atom stereocenters. The number of alkyl halides is 3. The van der Waals surface area contributed by atoms with Crippen LogP contribution in [0.4, 0.5) is 13.2 Å². The first-order chi connectivity index (χ1) is 7.91. The smallest absolute Gasteiger partial charge is 0.436 e. The molecule has 4 nitrogen and oxygen atoms in total. The molecule has 0 bridgehead atoms. The van der Waals surface area contributed by atoms with Gasteiger partial charge in [0, 0.05) is 12.7 Å².